The zero-order valence-electron chi connectivity index (χ0n) is 11.3. The molecule has 0 fully saturated rings. The summed E-state index contributed by atoms with van der Waals surface area (Å²) in [6, 6.07) is 8.32. The summed E-state index contributed by atoms with van der Waals surface area (Å²) in [4.78, 5) is 8.35. The summed E-state index contributed by atoms with van der Waals surface area (Å²) >= 11 is 6.14. The van der Waals surface area contributed by atoms with Crippen LogP contribution in [0.15, 0.2) is 30.6 Å². The topological polar surface area (TPSA) is 37.8 Å². The third-order valence-electron chi connectivity index (χ3n) is 2.99. The van der Waals surface area contributed by atoms with Gasteiger partial charge in [0.25, 0.3) is 0 Å². The molecule has 0 radical (unpaired) electrons. The summed E-state index contributed by atoms with van der Waals surface area (Å²) in [6.45, 7) is 4.26. The molecule has 1 aromatic carbocycles. The summed E-state index contributed by atoms with van der Waals surface area (Å²) in [7, 11) is 0. The zero-order valence-corrected chi connectivity index (χ0v) is 12.0. The van der Waals surface area contributed by atoms with Crippen molar-refractivity contribution in [3.05, 3.63) is 46.9 Å². The van der Waals surface area contributed by atoms with Crippen LogP contribution in [0.4, 0.5) is 11.5 Å². The zero-order chi connectivity index (χ0) is 13.7. The molecule has 0 saturated heterocycles. The van der Waals surface area contributed by atoms with Crippen molar-refractivity contribution in [1.82, 2.24) is 9.97 Å². The van der Waals surface area contributed by atoms with Crippen LogP contribution in [0.3, 0.4) is 0 Å². The molecule has 0 aliphatic heterocycles. The van der Waals surface area contributed by atoms with Crippen LogP contribution in [0.2, 0.25) is 5.15 Å². The van der Waals surface area contributed by atoms with Gasteiger partial charge >= 0.3 is 0 Å². The van der Waals surface area contributed by atoms with Crippen molar-refractivity contribution in [2.45, 2.75) is 33.1 Å². The maximum atomic E-state index is 6.14. The third kappa shape index (κ3) is 3.44. The van der Waals surface area contributed by atoms with Gasteiger partial charge in [-0.05, 0) is 30.5 Å². The normalized spacial score (nSPS) is 10.5. The van der Waals surface area contributed by atoms with Crippen molar-refractivity contribution in [2.75, 3.05) is 5.32 Å². The van der Waals surface area contributed by atoms with Crippen LogP contribution in [0.1, 0.15) is 31.4 Å². The minimum Gasteiger partial charge on any atom is -0.340 e. The Bertz CT molecular complexity index is 555. The van der Waals surface area contributed by atoms with Gasteiger partial charge in [-0.2, -0.15) is 0 Å². The fourth-order valence-electron chi connectivity index (χ4n) is 1.98. The monoisotopic (exact) mass is 275 g/mol. The molecule has 0 bridgehead atoms. The molecular weight excluding hydrogens is 258 g/mol. The Kier molecular flexibility index (Phi) is 4.74. The minimum absolute atomic E-state index is 0.533. The number of hydrogen-bond donors (Lipinski definition) is 1. The van der Waals surface area contributed by atoms with E-state index < -0.39 is 0 Å². The molecule has 0 atom stereocenters. The van der Waals surface area contributed by atoms with Crippen LogP contribution in [-0.4, -0.2) is 9.97 Å². The maximum absolute atomic E-state index is 6.14. The van der Waals surface area contributed by atoms with Crippen LogP contribution in [0.25, 0.3) is 0 Å². The van der Waals surface area contributed by atoms with E-state index >= 15 is 0 Å². The predicted octanol–water partition coefficient (Wildman–Crippen LogP) is 4.39. The number of rotatable bonds is 5. The van der Waals surface area contributed by atoms with Crippen LogP contribution >= 0.6 is 11.6 Å². The second kappa shape index (κ2) is 6.53. The fourth-order valence-corrected chi connectivity index (χ4v) is 2.20. The van der Waals surface area contributed by atoms with Gasteiger partial charge in [0.1, 0.15) is 17.3 Å². The first-order valence-electron chi connectivity index (χ1n) is 6.60. The summed E-state index contributed by atoms with van der Waals surface area (Å²) in [5.41, 5.74) is 3.31. The molecular formula is C15H18ClN3. The summed E-state index contributed by atoms with van der Waals surface area (Å²) in [5.74, 6) is 0.801. The smallest absolute Gasteiger partial charge is 0.138 e. The number of benzene rings is 1. The molecule has 19 heavy (non-hydrogen) atoms. The highest BCUT2D eigenvalue weighted by atomic mass is 35.5. The fraction of sp³-hybridized carbons (Fsp3) is 0.333. The van der Waals surface area contributed by atoms with Gasteiger partial charge < -0.3 is 5.32 Å². The Hall–Kier alpha value is -1.61. The van der Waals surface area contributed by atoms with E-state index in [1.807, 2.05) is 12.1 Å². The number of nitrogens with one attached hydrogen (secondary N) is 1. The molecule has 0 aliphatic carbocycles. The van der Waals surface area contributed by atoms with Gasteiger partial charge in [-0.15, -0.1) is 0 Å². The van der Waals surface area contributed by atoms with E-state index in [0.29, 0.717) is 5.15 Å². The molecule has 1 N–H and O–H groups in total. The van der Waals surface area contributed by atoms with Crippen molar-refractivity contribution in [1.29, 1.82) is 0 Å². The molecule has 2 rings (SSSR count). The minimum atomic E-state index is 0.533. The Morgan fingerprint density at radius 2 is 2.05 bits per heavy atom. The van der Waals surface area contributed by atoms with Gasteiger partial charge in [0, 0.05) is 11.3 Å². The quantitative estimate of drug-likeness (QED) is 0.823. The number of anilines is 2. The predicted molar refractivity (Wildman–Crippen MR) is 80.1 cm³/mol. The molecule has 0 unspecified atom stereocenters. The lowest BCUT2D eigenvalue weighted by molar-refractivity contribution is 0.904. The van der Waals surface area contributed by atoms with E-state index in [2.05, 4.69) is 41.3 Å². The first kappa shape index (κ1) is 13.8. The van der Waals surface area contributed by atoms with E-state index in [-0.39, 0.29) is 0 Å². The van der Waals surface area contributed by atoms with Gasteiger partial charge in [-0.1, -0.05) is 44.0 Å². The summed E-state index contributed by atoms with van der Waals surface area (Å²) in [6.07, 6.45) is 4.39. The lowest BCUT2D eigenvalue weighted by Crippen LogP contribution is -2.01. The van der Waals surface area contributed by atoms with E-state index in [0.717, 1.165) is 36.3 Å². The van der Waals surface area contributed by atoms with Gasteiger partial charge in [0.2, 0.25) is 0 Å². The second-order valence-electron chi connectivity index (χ2n) is 4.42. The Balaban J connectivity index is 2.29. The first-order chi connectivity index (χ1) is 9.24. The SMILES string of the molecule is CCCc1c(Cl)ncnc1Nc1cccc(CC)c1. The molecule has 100 valence electrons. The number of hydrogen-bond acceptors (Lipinski definition) is 3. The van der Waals surface area contributed by atoms with Crippen molar-refractivity contribution in [2.24, 2.45) is 0 Å². The molecule has 1 aromatic heterocycles. The van der Waals surface area contributed by atoms with E-state index in [9.17, 15) is 0 Å². The average Bonchev–Trinajstić information content (AvgIpc) is 2.43. The molecule has 0 aliphatic rings. The highest BCUT2D eigenvalue weighted by Crippen LogP contribution is 2.25. The van der Waals surface area contributed by atoms with E-state index in [4.69, 9.17) is 11.6 Å². The maximum Gasteiger partial charge on any atom is 0.138 e. The highest BCUT2D eigenvalue weighted by molar-refractivity contribution is 6.30. The number of halogens is 1. The van der Waals surface area contributed by atoms with Gasteiger partial charge in [0.15, 0.2) is 0 Å². The Morgan fingerprint density at radius 3 is 2.79 bits per heavy atom. The van der Waals surface area contributed by atoms with Crippen LogP contribution in [0.5, 0.6) is 0 Å². The lowest BCUT2D eigenvalue weighted by Gasteiger charge is -2.11. The first-order valence-corrected chi connectivity index (χ1v) is 6.97. The summed E-state index contributed by atoms with van der Waals surface area (Å²) < 4.78 is 0. The van der Waals surface area contributed by atoms with Gasteiger partial charge in [-0.3, -0.25) is 0 Å². The average molecular weight is 276 g/mol. The molecule has 0 spiro atoms. The molecule has 0 saturated carbocycles. The van der Waals surface area contributed by atoms with Crippen LogP contribution < -0.4 is 5.32 Å². The Morgan fingerprint density at radius 1 is 1.21 bits per heavy atom. The van der Waals surface area contributed by atoms with E-state index in [1.54, 1.807) is 0 Å². The summed E-state index contributed by atoms with van der Waals surface area (Å²) in [5, 5.41) is 3.87. The lowest BCUT2D eigenvalue weighted by atomic mass is 10.1. The van der Waals surface area contributed by atoms with Gasteiger partial charge in [-0.25, -0.2) is 9.97 Å². The van der Waals surface area contributed by atoms with Crippen molar-refractivity contribution in [3.8, 4) is 0 Å². The number of aryl methyl sites for hydroxylation is 1. The van der Waals surface area contributed by atoms with Crippen molar-refractivity contribution < 1.29 is 0 Å². The highest BCUT2D eigenvalue weighted by Gasteiger charge is 2.09. The van der Waals surface area contributed by atoms with E-state index in [1.165, 1.54) is 11.9 Å². The van der Waals surface area contributed by atoms with Crippen molar-refractivity contribution >= 4 is 23.1 Å². The number of aromatic nitrogens is 2. The molecule has 3 nitrogen and oxygen atoms in total. The van der Waals surface area contributed by atoms with Crippen LogP contribution in [0, 0.1) is 0 Å². The van der Waals surface area contributed by atoms with Gasteiger partial charge in [0.05, 0.1) is 0 Å². The second-order valence-corrected chi connectivity index (χ2v) is 4.78. The molecule has 2 aromatic rings. The van der Waals surface area contributed by atoms with Crippen molar-refractivity contribution in [3.63, 3.8) is 0 Å². The number of nitrogens with zero attached hydrogens (tertiary/aromatic N) is 2. The van der Waals surface area contributed by atoms with Crippen LogP contribution in [-0.2, 0) is 12.8 Å². The molecule has 4 heteroatoms. The Labute approximate surface area is 119 Å². The largest absolute Gasteiger partial charge is 0.340 e. The molecule has 0 amide bonds. The molecule has 1 heterocycles. The third-order valence-corrected chi connectivity index (χ3v) is 3.32. The standard InChI is InChI=1S/C15H18ClN3/c1-3-6-13-14(16)17-10-18-15(13)19-12-8-5-7-11(4-2)9-12/h5,7-10H,3-4,6H2,1-2H3,(H,17,18,19).